The maximum absolute atomic E-state index is 12.2. The molecule has 0 aromatic carbocycles. The third-order valence-electron chi connectivity index (χ3n) is 3.99. The Balaban J connectivity index is 2.04. The Morgan fingerprint density at radius 2 is 2.10 bits per heavy atom. The van der Waals surface area contributed by atoms with Crippen LogP contribution in [0.1, 0.15) is 49.9 Å². The summed E-state index contributed by atoms with van der Waals surface area (Å²) in [6.45, 7) is 10.2. The van der Waals surface area contributed by atoms with Crippen molar-refractivity contribution >= 4 is 21.2 Å². The minimum atomic E-state index is -2.98. The fourth-order valence-electron chi connectivity index (χ4n) is 2.26. The molecule has 1 aliphatic heterocycles. The smallest absolute Gasteiger partial charge is 0.156 e. The van der Waals surface area contributed by atoms with Crippen molar-refractivity contribution in [1.29, 1.82) is 0 Å². The first kappa shape index (κ1) is 15.9. The lowest BCUT2D eigenvalue weighted by molar-refractivity contribution is 0.278. The van der Waals surface area contributed by atoms with Gasteiger partial charge < -0.3 is 0 Å². The molecule has 0 spiro atoms. The molecule has 20 heavy (non-hydrogen) atoms. The van der Waals surface area contributed by atoms with Crippen LogP contribution in [-0.4, -0.2) is 41.9 Å². The minimum Gasteiger partial charge on any atom is -0.297 e. The van der Waals surface area contributed by atoms with Crippen LogP contribution in [0.2, 0.25) is 0 Å². The first-order valence-electron chi connectivity index (χ1n) is 7.10. The molecule has 0 unspecified atom stereocenters. The van der Waals surface area contributed by atoms with Gasteiger partial charge in [0, 0.05) is 36.6 Å². The maximum Gasteiger partial charge on any atom is 0.156 e. The summed E-state index contributed by atoms with van der Waals surface area (Å²) in [5, 5.41) is 1.16. The molecule has 6 heteroatoms. The summed E-state index contributed by atoms with van der Waals surface area (Å²) in [5.74, 6) is 0.715. The third-order valence-corrected chi connectivity index (χ3v) is 7.88. The van der Waals surface area contributed by atoms with Crippen LogP contribution in [0.4, 0.5) is 0 Å². The maximum atomic E-state index is 12.2. The fraction of sp³-hybridized carbons (Fsp3) is 0.786. The summed E-state index contributed by atoms with van der Waals surface area (Å²) in [5.41, 5.74) is 0. The van der Waals surface area contributed by atoms with E-state index in [0.717, 1.165) is 18.1 Å². The molecule has 0 N–H and O–H groups in total. The van der Waals surface area contributed by atoms with Gasteiger partial charge in [-0.1, -0.05) is 13.8 Å². The van der Waals surface area contributed by atoms with E-state index in [1.54, 1.807) is 11.3 Å². The van der Waals surface area contributed by atoms with E-state index in [2.05, 4.69) is 23.7 Å². The van der Waals surface area contributed by atoms with Gasteiger partial charge in [0.1, 0.15) is 0 Å². The molecule has 2 rings (SSSR count). The molecular formula is C14H24N2O2S2. The van der Waals surface area contributed by atoms with Crippen molar-refractivity contribution in [3.05, 3.63) is 16.1 Å². The highest BCUT2D eigenvalue weighted by Gasteiger charge is 2.36. The van der Waals surface area contributed by atoms with Crippen LogP contribution >= 0.6 is 11.3 Å². The summed E-state index contributed by atoms with van der Waals surface area (Å²) in [4.78, 5) is 7.90. The quantitative estimate of drug-likeness (QED) is 0.860. The standard InChI is InChI=1S/C14H24N2O2S2/c1-11(2)13-15-9-12(19-13)10-16-6-5-14(3,4)20(17,18)8-7-16/h9,11H,5-8,10H2,1-4H3. The molecule has 0 bridgehead atoms. The second-order valence-corrected chi connectivity index (χ2v) is 10.3. The third kappa shape index (κ3) is 3.40. The molecule has 0 atom stereocenters. The van der Waals surface area contributed by atoms with Crippen LogP contribution in [-0.2, 0) is 16.4 Å². The van der Waals surface area contributed by atoms with Crippen LogP contribution < -0.4 is 0 Å². The van der Waals surface area contributed by atoms with E-state index in [9.17, 15) is 8.42 Å². The summed E-state index contributed by atoms with van der Waals surface area (Å²) in [6.07, 6.45) is 2.63. The molecule has 1 aliphatic rings. The highest BCUT2D eigenvalue weighted by Crippen LogP contribution is 2.27. The highest BCUT2D eigenvalue weighted by molar-refractivity contribution is 7.92. The second kappa shape index (κ2) is 5.73. The van der Waals surface area contributed by atoms with Crippen LogP contribution in [0.3, 0.4) is 0 Å². The van der Waals surface area contributed by atoms with Gasteiger partial charge in [-0.15, -0.1) is 11.3 Å². The van der Waals surface area contributed by atoms with Crippen molar-refractivity contribution in [3.63, 3.8) is 0 Å². The van der Waals surface area contributed by atoms with Gasteiger partial charge in [0.15, 0.2) is 9.84 Å². The predicted molar refractivity (Wildman–Crippen MR) is 84.0 cm³/mol. The van der Waals surface area contributed by atoms with Crippen molar-refractivity contribution in [2.75, 3.05) is 18.8 Å². The lowest BCUT2D eigenvalue weighted by Gasteiger charge is -2.22. The zero-order valence-corrected chi connectivity index (χ0v) is 14.4. The molecule has 0 amide bonds. The number of sulfone groups is 1. The second-order valence-electron chi connectivity index (χ2n) is 6.42. The van der Waals surface area contributed by atoms with Gasteiger partial charge in [-0.3, -0.25) is 4.90 Å². The van der Waals surface area contributed by atoms with Crippen molar-refractivity contribution in [3.8, 4) is 0 Å². The summed E-state index contributed by atoms with van der Waals surface area (Å²) >= 11 is 1.74. The normalized spacial score (nSPS) is 22.9. The SMILES string of the molecule is CC(C)c1ncc(CN2CCC(C)(C)S(=O)(=O)CC2)s1. The van der Waals surface area contributed by atoms with Gasteiger partial charge >= 0.3 is 0 Å². The van der Waals surface area contributed by atoms with E-state index in [0.29, 0.717) is 18.9 Å². The number of aromatic nitrogens is 1. The molecule has 2 heterocycles. The van der Waals surface area contributed by atoms with Gasteiger partial charge in [-0.05, 0) is 20.3 Å². The number of hydrogen-bond acceptors (Lipinski definition) is 5. The van der Waals surface area contributed by atoms with Crippen LogP contribution in [0.15, 0.2) is 6.20 Å². The summed E-state index contributed by atoms with van der Waals surface area (Å²) in [7, 11) is -2.98. The van der Waals surface area contributed by atoms with Gasteiger partial charge in [0.2, 0.25) is 0 Å². The Morgan fingerprint density at radius 3 is 2.70 bits per heavy atom. The van der Waals surface area contributed by atoms with E-state index >= 15 is 0 Å². The zero-order valence-electron chi connectivity index (χ0n) is 12.7. The number of thiazole rings is 1. The number of hydrogen-bond donors (Lipinski definition) is 0. The van der Waals surface area contributed by atoms with Crippen LogP contribution in [0.25, 0.3) is 0 Å². The molecule has 1 aromatic heterocycles. The van der Waals surface area contributed by atoms with E-state index in [1.807, 2.05) is 20.0 Å². The highest BCUT2D eigenvalue weighted by atomic mass is 32.2. The Kier molecular flexibility index (Phi) is 4.56. The Morgan fingerprint density at radius 1 is 1.40 bits per heavy atom. The fourth-order valence-corrected chi connectivity index (χ4v) is 4.68. The van der Waals surface area contributed by atoms with Gasteiger partial charge in [0.25, 0.3) is 0 Å². The number of rotatable bonds is 3. The summed E-state index contributed by atoms with van der Waals surface area (Å²) in [6, 6.07) is 0. The largest absolute Gasteiger partial charge is 0.297 e. The van der Waals surface area contributed by atoms with Crippen molar-refractivity contribution in [2.45, 2.75) is 51.3 Å². The molecule has 0 aliphatic carbocycles. The molecule has 114 valence electrons. The Hall–Kier alpha value is -0.460. The predicted octanol–water partition coefficient (Wildman–Crippen LogP) is 2.67. The van der Waals surface area contributed by atoms with Gasteiger partial charge in [-0.25, -0.2) is 13.4 Å². The summed E-state index contributed by atoms with van der Waals surface area (Å²) < 4.78 is 23.8. The molecular weight excluding hydrogens is 292 g/mol. The Bertz CT molecular complexity index is 561. The van der Waals surface area contributed by atoms with Crippen LogP contribution in [0, 0.1) is 0 Å². The molecule has 4 nitrogen and oxygen atoms in total. The van der Waals surface area contributed by atoms with Crippen molar-refractivity contribution in [1.82, 2.24) is 9.88 Å². The average molecular weight is 316 g/mol. The number of nitrogens with zero attached hydrogens (tertiary/aromatic N) is 2. The van der Waals surface area contributed by atoms with Crippen molar-refractivity contribution in [2.24, 2.45) is 0 Å². The van der Waals surface area contributed by atoms with Crippen molar-refractivity contribution < 1.29 is 8.42 Å². The zero-order chi connectivity index (χ0) is 15.0. The minimum absolute atomic E-state index is 0.260. The Labute approximate surface area is 126 Å². The lowest BCUT2D eigenvalue weighted by Crippen LogP contribution is -2.33. The molecule has 0 radical (unpaired) electrons. The molecule has 0 saturated carbocycles. The van der Waals surface area contributed by atoms with Gasteiger partial charge in [-0.2, -0.15) is 0 Å². The molecule has 1 aromatic rings. The topological polar surface area (TPSA) is 50.3 Å². The lowest BCUT2D eigenvalue weighted by atomic mass is 10.1. The van der Waals surface area contributed by atoms with E-state index in [-0.39, 0.29) is 5.75 Å². The first-order chi connectivity index (χ1) is 9.21. The first-order valence-corrected chi connectivity index (χ1v) is 9.57. The molecule has 1 fully saturated rings. The van der Waals surface area contributed by atoms with E-state index in [1.165, 1.54) is 4.88 Å². The van der Waals surface area contributed by atoms with Crippen LogP contribution in [0.5, 0.6) is 0 Å². The van der Waals surface area contributed by atoms with E-state index < -0.39 is 14.6 Å². The van der Waals surface area contributed by atoms with E-state index in [4.69, 9.17) is 0 Å². The monoisotopic (exact) mass is 316 g/mol. The average Bonchev–Trinajstić information content (AvgIpc) is 2.77. The molecule has 1 saturated heterocycles. The van der Waals surface area contributed by atoms with Gasteiger partial charge in [0.05, 0.1) is 15.5 Å².